The second kappa shape index (κ2) is 4.72. The number of furan rings is 1. The molecule has 2 heterocycles. The molecule has 0 atom stereocenters. The van der Waals surface area contributed by atoms with Gasteiger partial charge in [0.2, 0.25) is 0 Å². The maximum atomic E-state index is 5.84. The van der Waals surface area contributed by atoms with E-state index in [1.165, 1.54) is 5.56 Å². The van der Waals surface area contributed by atoms with Crippen LogP contribution < -0.4 is 5.32 Å². The highest BCUT2D eigenvalue weighted by atomic mass is 16.3. The number of nitrogens with one attached hydrogen (secondary N) is 1. The summed E-state index contributed by atoms with van der Waals surface area (Å²) >= 11 is 0. The van der Waals surface area contributed by atoms with Gasteiger partial charge in [0.15, 0.2) is 0 Å². The minimum Gasteiger partial charge on any atom is -0.459 e. The molecule has 0 aliphatic rings. The Balaban J connectivity index is 1.84. The van der Waals surface area contributed by atoms with Crippen molar-refractivity contribution in [2.75, 3.05) is 5.32 Å². The summed E-state index contributed by atoms with van der Waals surface area (Å²) in [5.74, 6) is 1.70. The molecule has 0 amide bonds. The maximum absolute atomic E-state index is 5.84. The molecule has 0 bridgehead atoms. The van der Waals surface area contributed by atoms with Gasteiger partial charge in [-0.25, -0.2) is 4.98 Å². The molecule has 4 nitrogen and oxygen atoms in total. The molecule has 0 unspecified atom stereocenters. The molecule has 0 saturated carbocycles. The van der Waals surface area contributed by atoms with Crippen LogP contribution >= 0.6 is 0 Å². The zero-order valence-corrected chi connectivity index (χ0v) is 11.0. The minimum atomic E-state index is 0.610. The number of hydrogen-bond acceptors (Lipinski definition) is 4. The van der Waals surface area contributed by atoms with Crippen molar-refractivity contribution in [3.63, 3.8) is 0 Å². The number of para-hydroxylation sites is 1. The molecular weight excluding hydrogens is 238 g/mol. The van der Waals surface area contributed by atoms with Crippen molar-refractivity contribution in [3.05, 3.63) is 53.7 Å². The summed E-state index contributed by atoms with van der Waals surface area (Å²) in [5, 5.41) is 4.40. The predicted octanol–water partition coefficient (Wildman–Crippen LogP) is 3.45. The van der Waals surface area contributed by atoms with Crippen LogP contribution in [0.3, 0.4) is 0 Å². The number of anilines is 1. The van der Waals surface area contributed by atoms with Crippen LogP contribution in [0.1, 0.15) is 17.0 Å². The van der Waals surface area contributed by atoms with Crippen molar-refractivity contribution >= 4 is 16.8 Å². The first-order chi connectivity index (χ1) is 9.24. The highest BCUT2D eigenvalue weighted by Crippen LogP contribution is 2.25. The van der Waals surface area contributed by atoms with Crippen LogP contribution in [0.2, 0.25) is 0 Å². The Bertz CT molecular complexity index is 718. The molecule has 0 fully saturated rings. The van der Waals surface area contributed by atoms with E-state index in [-0.39, 0.29) is 0 Å². The molecule has 0 spiro atoms. The number of hydrogen-bond donors (Lipinski definition) is 1. The number of aryl methyl sites for hydroxylation is 2. The fourth-order valence-corrected chi connectivity index (χ4v) is 2.11. The van der Waals surface area contributed by atoms with Gasteiger partial charge in [0.25, 0.3) is 0 Å². The SMILES string of the molecule is Cc1cncc(NCc2oc3ccccc3c2C)n1. The minimum absolute atomic E-state index is 0.610. The lowest BCUT2D eigenvalue weighted by Crippen LogP contribution is -2.02. The van der Waals surface area contributed by atoms with Crippen molar-refractivity contribution < 1.29 is 4.42 Å². The standard InChI is InChI=1S/C15H15N3O/c1-10-7-16-9-15(18-10)17-8-14-11(2)12-5-3-4-6-13(12)19-14/h3-7,9H,8H2,1-2H3,(H,17,18). The number of nitrogens with zero attached hydrogens (tertiary/aromatic N) is 2. The zero-order valence-electron chi connectivity index (χ0n) is 11.0. The van der Waals surface area contributed by atoms with Crippen LogP contribution in [0.15, 0.2) is 41.1 Å². The van der Waals surface area contributed by atoms with Crippen molar-refractivity contribution in [2.24, 2.45) is 0 Å². The number of benzene rings is 1. The summed E-state index contributed by atoms with van der Waals surface area (Å²) in [7, 11) is 0. The molecule has 0 radical (unpaired) electrons. The van der Waals surface area contributed by atoms with E-state index in [0.29, 0.717) is 6.54 Å². The van der Waals surface area contributed by atoms with Gasteiger partial charge in [-0.05, 0) is 19.9 Å². The Morgan fingerprint density at radius 2 is 2.00 bits per heavy atom. The number of aromatic nitrogens is 2. The first-order valence-electron chi connectivity index (χ1n) is 6.23. The Morgan fingerprint density at radius 3 is 2.79 bits per heavy atom. The molecule has 19 heavy (non-hydrogen) atoms. The number of fused-ring (bicyclic) bond motifs is 1. The van der Waals surface area contributed by atoms with Crippen LogP contribution in [-0.4, -0.2) is 9.97 Å². The summed E-state index contributed by atoms with van der Waals surface area (Å²) in [5.41, 5.74) is 2.99. The Labute approximate surface area is 111 Å². The van der Waals surface area contributed by atoms with Gasteiger partial charge in [-0.2, -0.15) is 0 Å². The average Bonchev–Trinajstić information content (AvgIpc) is 2.74. The highest BCUT2D eigenvalue weighted by Gasteiger charge is 2.09. The first kappa shape index (κ1) is 11.7. The fourth-order valence-electron chi connectivity index (χ4n) is 2.11. The molecule has 0 aliphatic heterocycles. The van der Waals surface area contributed by atoms with Crippen molar-refractivity contribution in [1.82, 2.24) is 9.97 Å². The lowest BCUT2D eigenvalue weighted by atomic mass is 10.1. The van der Waals surface area contributed by atoms with E-state index in [4.69, 9.17) is 4.42 Å². The van der Waals surface area contributed by atoms with Crippen LogP contribution in [0.4, 0.5) is 5.82 Å². The normalized spacial score (nSPS) is 10.8. The van der Waals surface area contributed by atoms with E-state index in [1.807, 2.05) is 25.1 Å². The van der Waals surface area contributed by atoms with Crippen LogP contribution in [0, 0.1) is 13.8 Å². The average molecular weight is 253 g/mol. The van der Waals surface area contributed by atoms with Gasteiger partial charge in [0.1, 0.15) is 17.2 Å². The fraction of sp³-hybridized carbons (Fsp3) is 0.200. The summed E-state index contributed by atoms with van der Waals surface area (Å²) in [6, 6.07) is 8.06. The van der Waals surface area contributed by atoms with Gasteiger partial charge in [-0.1, -0.05) is 18.2 Å². The summed E-state index contributed by atoms with van der Waals surface area (Å²) < 4.78 is 5.84. The van der Waals surface area contributed by atoms with Crippen molar-refractivity contribution in [1.29, 1.82) is 0 Å². The monoisotopic (exact) mass is 253 g/mol. The van der Waals surface area contributed by atoms with E-state index < -0.39 is 0 Å². The van der Waals surface area contributed by atoms with E-state index >= 15 is 0 Å². The van der Waals surface area contributed by atoms with Crippen molar-refractivity contribution in [3.8, 4) is 0 Å². The quantitative estimate of drug-likeness (QED) is 0.776. The second-order valence-electron chi connectivity index (χ2n) is 4.55. The van der Waals surface area contributed by atoms with Gasteiger partial charge in [-0.15, -0.1) is 0 Å². The van der Waals surface area contributed by atoms with E-state index in [1.54, 1.807) is 12.4 Å². The third kappa shape index (κ3) is 2.29. The topological polar surface area (TPSA) is 51.0 Å². The molecule has 0 saturated heterocycles. The van der Waals surface area contributed by atoms with E-state index in [0.717, 1.165) is 28.2 Å². The summed E-state index contributed by atoms with van der Waals surface area (Å²) in [6.45, 7) is 4.61. The predicted molar refractivity (Wildman–Crippen MR) is 75.0 cm³/mol. The molecule has 4 heteroatoms. The summed E-state index contributed by atoms with van der Waals surface area (Å²) in [4.78, 5) is 8.46. The zero-order chi connectivity index (χ0) is 13.2. The Morgan fingerprint density at radius 1 is 1.16 bits per heavy atom. The Kier molecular flexibility index (Phi) is 2.91. The van der Waals surface area contributed by atoms with E-state index in [9.17, 15) is 0 Å². The molecule has 96 valence electrons. The third-order valence-electron chi connectivity index (χ3n) is 3.13. The molecule has 0 aliphatic carbocycles. The smallest absolute Gasteiger partial charge is 0.145 e. The van der Waals surface area contributed by atoms with E-state index in [2.05, 4.69) is 28.3 Å². The van der Waals surface area contributed by atoms with Crippen LogP contribution in [0.5, 0.6) is 0 Å². The van der Waals surface area contributed by atoms with Crippen LogP contribution in [-0.2, 0) is 6.54 Å². The summed E-state index contributed by atoms with van der Waals surface area (Å²) in [6.07, 6.45) is 3.45. The largest absolute Gasteiger partial charge is 0.459 e. The highest BCUT2D eigenvalue weighted by molar-refractivity contribution is 5.81. The second-order valence-corrected chi connectivity index (χ2v) is 4.55. The third-order valence-corrected chi connectivity index (χ3v) is 3.13. The lowest BCUT2D eigenvalue weighted by Gasteiger charge is -2.04. The molecular formula is C15H15N3O. The maximum Gasteiger partial charge on any atom is 0.145 e. The van der Waals surface area contributed by atoms with Gasteiger partial charge < -0.3 is 9.73 Å². The molecule has 1 aromatic carbocycles. The molecule has 1 N–H and O–H groups in total. The molecule has 3 rings (SSSR count). The first-order valence-corrected chi connectivity index (χ1v) is 6.23. The van der Waals surface area contributed by atoms with Gasteiger partial charge in [0, 0.05) is 17.1 Å². The van der Waals surface area contributed by atoms with Gasteiger partial charge in [0.05, 0.1) is 18.4 Å². The molecule has 3 aromatic rings. The molecule has 2 aromatic heterocycles. The van der Waals surface area contributed by atoms with Gasteiger partial charge in [-0.3, -0.25) is 4.98 Å². The van der Waals surface area contributed by atoms with Crippen molar-refractivity contribution in [2.45, 2.75) is 20.4 Å². The lowest BCUT2D eigenvalue weighted by molar-refractivity contribution is 0.555. The van der Waals surface area contributed by atoms with Gasteiger partial charge >= 0.3 is 0 Å². The van der Waals surface area contributed by atoms with Crippen LogP contribution in [0.25, 0.3) is 11.0 Å². The number of rotatable bonds is 3. The Hall–Kier alpha value is -2.36.